The molecule has 128 valence electrons. The lowest BCUT2D eigenvalue weighted by Gasteiger charge is -2.28. The highest BCUT2D eigenvalue weighted by Gasteiger charge is 2.39. The Morgan fingerprint density at radius 1 is 1.26 bits per heavy atom. The fraction of sp³-hybridized carbons (Fsp3) is 0.765. The van der Waals surface area contributed by atoms with E-state index in [1.807, 2.05) is 17.9 Å². The lowest BCUT2D eigenvalue weighted by molar-refractivity contribution is -0.135. The summed E-state index contributed by atoms with van der Waals surface area (Å²) in [5.74, 6) is 2.28. The fourth-order valence-corrected chi connectivity index (χ4v) is 3.63. The van der Waals surface area contributed by atoms with Crippen LogP contribution in [0.3, 0.4) is 0 Å². The van der Waals surface area contributed by atoms with Crippen molar-refractivity contribution in [1.29, 1.82) is 0 Å². The number of hydrogen-bond donors (Lipinski definition) is 1. The molecule has 3 fully saturated rings. The molecule has 1 amide bonds. The molecule has 2 atom stereocenters. The minimum Gasteiger partial charge on any atom is -0.342 e. The fourth-order valence-electron chi connectivity index (χ4n) is 3.63. The maximum absolute atomic E-state index is 13.1. The van der Waals surface area contributed by atoms with Gasteiger partial charge in [-0.25, -0.2) is 0 Å². The quantitative estimate of drug-likeness (QED) is 0.860. The smallest absolute Gasteiger partial charge is 0.227 e. The first-order chi connectivity index (χ1) is 10.7. The lowest BCUT2D eigenvalue weighted by Crippen LogP contribution is -2.41. The number of aromatic nitrogens is 2. The van der Waals surface area contributed by atoms with Gasteiger partial charge in [0, 0.05) is 45.3 Å². The number of carbonyl (C=O) groups is 1. The van der Waals surface area contributed by atoms with Gasteiger partial charge in [0.25, 0.3) is 0 Å². The van der Waals surface area contributed by atoms with E-state index < -0.39 is 0 Å². The zero-order valence-electron chi connectivity index (χ0n) is 13.8. The molecule has 1 saturated heterocycles. The lowest BCUT2D eigenvalue weighted by atomic mass is 9.89. The van der Waals surface area contributed by atoms with Crippen LogP contribution >= 0.6 is 12.4 Å². The molecular formula is C17H27ClN4O. The second-order valence-corrected chi connectivity index (χ2v) is 7.45. The van der Waals surface area contributed by atoms with E-state index in [1.54, 1.807) is 0 Å². The molecule has 0 aromatic carbocycles. The van der Waals surface area contributed by atoms with Crippen LogP contribution in [0.25, 0.3) is 0 Å². The first-order valence-electron chi connectivity index (χ1n) is 8.68. The first kappa shape index (κ1) is 16.8. The van der Waals surface area contributed by atoms with Crippen molar-refractivity contribution in [3.63, 3.8) is 0 Å². The molecule has 3 aliphatic rings. The third-order valence-corrected chi connectivity index (χ3v) is 5.35. The van der Waals surface area contributed by atoms with Crippen molar-refractivity contribution in [2.24, 2.45) is 24.8 Å². The summed E-state index contributed by atoms with van der Waals surface area (Å²) >= 11 is 0. The van der Waals surface area contributed by atoms with Gasteiger partial charge < -0.3 is 10.2 Å². The SMILES string of the molecule is Cl.Cn1cc([C@H]2CNC[C@@H]2C(=O)N(CC2CC2)CC2CC2)cn1. The van der Waals surface area contributed by atoms with Gasteiger partial charge in [-0.1, -0.05) is 0 Å². The van der Waals surface area contributed by atoms with Gasteiger partial charge in [-0.2, -0.15) is 5.10 Å². The number of halogens is 1. The molecule has 5 nitrogen and oxygen atoms in total. The van der Waals surface area contributed by atoms with Crippen LogP contribution in [-0.2, 0) is 11.8 Å². The molecule has 0 spiro atoms. The summed E-state index contributed by atoms with van der Waals surface area (Å²) in [6, 6.07) is 0. The normalized spacial score (nSPS) is 26.8. The van der Waals surface area contributed by atoms with Crippen LogP contribution in [0.5, 0.6) is 0 Å². The molecule has 1 N–H and O–H groups in total. The summed E-state index contributed by atoms with van der Waals surface area (Å²) < 4.78 is 1.83. The monoisotopic (exact) mass is 338 g/mol. The number of rotatable bonds is 6. The van der Waals surface area contributed by atoms with Crippen molar-refractivity contribution in [3.05, 3.63) is 18.0 Å². The summed E-state index contributed by atoms with van der Waals surface area (Å²) in [4.78, 5) is 15.3. The average Bonchev–Trinajstić information content (AvgIpc) is 3.40. The van der Waals surface area contributed by atoms with Gasteiger partial charge in [0.2, 0.25) is 5.91 Å². The van der Waals surface area contributed by atoms with Crippen LogP contribution < -0.4 is 5.32 Å². The molecule has 6 heteroatoms. The highest BCUT2D eigenvalue weighted by molar-refractivity contribution is 5.85. The molecule has 0 unspecified atom stereocenters. The Morgan fingerprint density at radius 2 is 1.91 bits per heavy atom. The van der Waals surface area contributed by atoms with Crippen LogP contribution in [0.2, 0.25) is 0 Å². The Balaban J connectivity index is 0.00000156. The standard InChI is InChI=1S/C17H26N4O.ClH/c1-20-11-14(6-19-20)15-7-18-8-16(15)17(22)21(9-12-2-3-12)10-13-4-5-13;/h6,11-13,15-16,18H,2-5,7-10H2,1H3;1H/t15-,16+;/m1./s1. The summed E-state index contributed by atoms with van der Waals surface area (Å²) in [7, 11) is 1.94. The van der Waals surface area contributed by atoms with E-state index in [9.17, 15) is 4.79 Å². The van der Waals surface area contributed by atoms with E-state index in [-0.39, 0.29) is 24.2 Å². The van der Waals surface area contributed by atoms with Crippen molar-refractivity contribution in [3.8, 4) is 0 Å². The van der Waals surface area contributed by atoms with E-state index in [2.05, 4.69) is 21.5 Å². The molecule has 1 aromatic heterocycles. The summed E-state index contributed by atoms with van der Waals surface area (Å²) in [5.41, 5.74) is 1.20. The Hall–Kier alpha value is -1.07. The van der Waals surface area contributed by atoms with Gasteiger partial charge >= 0.3 is 0 Å². The van der Waals surface area contributed by atoms with Crippen molar-refractivity contribution < 1.29 is 4.79 Å². The number of carbonyl (C=O) groups excluding carboxylic acids is 1. The molecule has 1 aromatic rings. The third-order valence-electron chi connectivity index (χ3n) is 5.35. The second-order valence-electron chi connectivity index (χ2n) is 7.45. The van der Waals surface area contributed by atoms with Gasteiger partial charge in [0.1, 0.15) is 0 Å². The number of nitrogens with zero attached hydrogens (tertiary/aromatic N) is 3. The van der Waals surface area contributed by atoms with Crippen LogP contribution in [0.1, 0.15) is 37.2 Å². The average molecular weight is 339 g/mol. The Labute approximate surface area is 144 Å². The van der Waals surface area contributed by atoms with E-state index in [1.165, 1.54) is 31.2 Å². The van der Waals surface area contributed by atoms with Gasteiger partial charge in [-0.15, -0.1) is 12.4 Å². The van der Waals surface area contributed by atoms with Crippen molar-refractivity contribution in [1.82, 2.24) is 20.0 Å². The Kier molecular flexibility index (Phi) is 4.97. The molecule has 23 heavy (non-hydrogen) atoms. The minimum absolute atomic E-state index is 0. The van der Waals surface area contributed by atoms with Crippen LogP contribution in [0.15, 0.2) is 12.4 Å². The molecule has 1 aliphatic heterocycles. The van der Waals surface area contributed by atoms with Crippen molar-refractivity contribution in [2.75, 3.05) is 26.2 Å². The van der Waals surface area contributed by atoms with Gasteiger partial charge in [0.05, 0.1) is 12.1 Å². The van der Waals surface area contributed by atoms with E-state index in [0.717, 1.165) is 38.0 Å². The summed E-state index contributed by atoms with van der Waals surface area (Å²) in [6.45, 7) is 3.68. The maximum atomic E-state index is 13.1. The number of hydrogen-bond acceptors (Lipinski definition) is 3. The van der Waals surface area contributed by atoms with E-state index >= 15 is 0 Å². The number of amides is 1. The number of aryl methyl sites for hydroxylation is 1. The molecular weight excluding hydrogens is 312 g/mol. The topological polar surface area (TPSA) is 50.2 Å². The predicted molar refractivity (Wildman–Crippen MR) is 91.6 cm³/mol. The third kappa shape index (κ3) is 3.89. The predicted octanol–water partition coefficient (Wildman–Crippen LogP) is 1.79. The number of nitrogens with one attached hydrogen (secondary N) is 1. The molecule has 2 aliphatic carbocycles. The molecule has 2 heterocycles. The van der Waals surface area contributed by atoms with Crippen molar-refractivity contribution >= 4 is 18.3 Å². The second kappa shape index (κ2) is 6.81. The summed E-state index contributed by atoms with van der Waals surface area (Å²) in [5, 5.41) is 7.70. The van der Waals surface area contributed by atoms with Gasteiger partial charge in [0.15, 0.2) is 0 Å². The van der Waals surface area contributed by atoms with Crippen LogP contribution in [-0.4, -0.2) is 46.8 Å². The molecule has 0 bridgehead atoms. The highest BCUT2D eigenvalue weighted by atomic mass is 35.5. The molecule has 2 saturated carbocycles. The Morgan fingerprint density at radius 3 is 2.43 bits per heavy atom. The molecule has 4 rings (SSSR count). The maximum Gasteiger partial charge on any atom is 0.227 e. The van der Waals surface area contributed by atoms with Crippen LogP contribution in [0, 0.1) is 17.8 Å². The highest BCUT2D eigenvalue weighted by Crippen LogP contribution is 2.36. The van der Waals surface area contributed by atoms with Gasteiger partial charge in [-0.3, -0.25) is 9.48 Å². The zero-order valence-corrected chi connectivity index (χ0v) is 14.6. The molecule has 0 radical (unpaired) electrons. The van der Waals surface area contributed by atoms with Crippen LogP contribution in [0.4, 0.5) is 0 Å². The zero-order chi connectivity index (χ0) is 15.1. The first-order valence-corrected chi connectivity index (χ1v) is 8.68. The largest absolute Gasteiger partial charge is 0.342 e. The minimum atomic E-state index is 0. The van der Waals surface area contributed by atoms with E-state index in [0.29, 0.717) is 5.91 Å². The summed E-state index contributed by atoms with van der Waals surface area (Å²) in [6.07, 6.45) is 9.22. The van der Waals surface area contributed by atoms with Crippen molar-refractivity contribution in [2.45, 2.75) is 31.6 Å². The van der Waals surface area contributed by atoms with Gasteiger partial charge in [-0.05, 0) is 43.1 Å². The van der Waals surface area contributed by atoms with E-state index in [4.69, 9.17) is 0 Å². The Bertz CT molecular complexity index is 539.